The lowest BCUT2D eigenvalue weighted by Crippen LogP contribution is -2.30. The summed E-state index contributed by atoms with van der Waals surface area (Å²) in [6.07, 6.45) is 1.52. The number of fused-ring (bicyclic) bond motifs is 1. The van der Waals surface area contributed by atoms with Crippen molar-refractivity contribution < 1.29 is 14.3 Å². The van der Waals surface area contributed by atoms with Gasteiger partial charge in [0.2, 0.25) is 0 Å². The number of esters is 1. The average Bonchev–Trinajstić information content (AvgIpc) is 2.85. The van der Waals surface area contributed by atoms with Gasteiger partial charge in [0.15, 0.2) is 0 Å². The molecule has 0 aliphatic heterocycles. The standard InChI is InChI=1S/C14H22O3/c1-7(2)13(8(3)4)17-14(16)12-9-5-6-10(15)11(9)12/h7-9,11-13H,5-6H2,1-4H3/t9-,11-,12+/m1/s1. The van der Waals surface area contributed by atoms with Gasteiger partial charge in [-0.15, -0.1) is 0 Å². The zero-order valence-electron chi connectivity index (χ0n) is 11.1. The van der Waals surface area contributed by atoms with Gasteiger partial charge in [0.1, 0.15) is 11.9 Å². The predicted octanol–water partition coefficient (Wildman–Crippen LogP) is 2.44. The molecule has 0 N–H and O–H groups in total. The highest BCUT2D eigenvalue weighted by Crippen LogP contribution is 2.56. The van der Waals surface area contributed by atoms with Gasteiger partial charge in [-0.2, -0.15) is 0 Å². The zero-order chi connectivity index (χ0) is 12.7. The number of carbonyl (C=O) groups excluding carboxylic acids is 2. The van der Waals surface area contributed by atoms with Gasteiger partial charge in [-0.1, -0.05) is 27.7 Å². The van der Waals surface area contributed by atoms with Crippen molar-refractivity contribution in [2.45, 2.75) is 46.6 Å². The lowest BCUT2D eigenvalue weighted by molar-refractivity contribution is -0.157. The van der Waals surface area contributed by atoms with Crippen molar-refractivity contribution in [1.29, 1.82) is 0 Å². The third kappa shape index (κ3) is 2.24. The van der Waals surface area contributed by atoms with Crippen LogP contribution in [0.5, 0.6) is 0 Å². The Morgan fingerprint density at radius 3 is 2.24 bits per heavy atom. The lowest BCUT2D eigenvalue weighted by atomic mass is 9.96. The van der Waals surface area contributed by atoms with Gasteiger partial charge < -0.3 is 4.74 Å². The molecule has 0 aromatic heterocycles. The summed E-state index contributed by atoms with van der Waals surface area (Å²) in [5.41, 5.74) is 0. The Labute approximate surface area is 103 Å². The molecule has 0 saturated heterocycles. The largest absolute Gasteiger partial charge is 0.462 e. The Morgan fingerprint density at radius 1 is 1.24 bits per heavy atom. The second kappa shape index (κ2) is 4.43. The molecule has 2 aliphatic rings. The van der Waals surface area contributed by atoms with Crippen molar-refractivity contribution in [3.63, 3.8) is 0 Å². The van der Waals surface area contributed by atoms with E-state index in [9.17, 15) is 9.59 Å². The van der Waals surface area contributed by atoms with Gasteiger partial charge in [0.05, 0.1) is 5.92 Å². The molecule has 2 rings (SSSR count). The Morgan fingerprint density at radius 2 is 1.82 bits per heavy atom. The minimum Gasteiger partial charge on any atom is -0.462 e. The smallest absolute Gasteiger partial charge is 0.310 e. The van der Waals surface area contributed by atoms with Crippen LogP contribution in [0.25, 0.3) is 0 Å². The number of hydrogen-bond donors (Lipinski definition) is 0. The van der Waals surface area contributed by atoms with Gasteiger partial charge in [-0.05, 0) is 24.2 Å². The molecule has 3 atom stereocenters. The molecule has 2 saturated carbocycles. The third-order valence-electron chi connectivity index (χ3n) is 4.10. The van der Waals surface area contributed by atoms with Gasteiger partial charge >= 0.3 is 5.97 Å². The molecule has 0 radical (unpaired) electrons. The first-order chi connectivity index (χ1) is 7.93. The molecule has 96 valence electrons. The summed E-state index contributed by atoms with van der Waals surface area (Å²) in [6.45, 7) is 8.27. The predicted molar refractivity (Wildman–Crippen MR) is 64.3 cm³/mol. The van der Waals surface area contributed by atoms with Gasteiger partial charge in [-0.3, -0.25) is 9.59 Å². The lowest BCUT2D eigenvalue weighted by Gasteiger charge is -2.25. The molecule has 3 heteroatoms. The second-order valence-corrected chi connectivity index (χ2v) is 6.11. The van der Waals surface area contributed by atoms with Crippen LogP contribution in [0, 0.1) is 29.6 Å². The zero-order valence-corrected chi connectivity index (χ0v) is 11.1. The normalized spacial score (nSPS) is 31.2. The van der Waals surface area contributed by atoms with E-state index < -0.39 is 0 Å². The van der Waals surface area contributed by atoms with Crippen molar-refractivity contribution in [2.75, 3.05) is 0 Å². The SMILES string of the molecule is CC(C)C(OC(=O)[C@H]1[C@@H]2CCC(=O)[C@@H]21)C(C)C. The minimum absolute atomic E-state index is 0.00229. The topological polar surface area (TPSA) is 43.4 Å². The summed E-state index contributed by atoms with van der Waals surface area (Å²) in [5.74, 6) is 0.971. The monoisotopic (exact) mass is 238 g/mol. The van der Waals surface area contributed by atoms with Crippen molar-refractivity contribution in [1.82, 2.24) is 0 Å². The summed E-state index contributed by atoms with van der Waals surface area (Å²) in [5, 5.41) is 0. The van der Waals surface area contributed by atoms with Crippen LogP contribution >= 0.6 is 0 Å². The maximum Gasteiger partial charge on any atom is 0.310 e. The van der Waals surface area contributed by atoms with Crippen LogP contribution < -0.4 is 0 Å². The fourth-order valence-electron chi connectivity index (χ4n) is 3.22. The first-order valence-electron chi connectivity index (χ1n) is 6.66. The maximum atomic E-state index is 12.0. The Kier molecular flexibility index (Phi) is 3.28. The fourth-order valence-corrected chi connectivity index (χ4v) is 3.22. The number of ether oxygens (including phenoxy) is 1. The fraction of sp³-hybridized carbons (Fsp3) is 0.857. The van der Waals surface area contributed by atoms with E-state index in [4.69, 9.17) is 4.74 Å². The Balaban J connectivity index is 1.92. The highest BCUT2D eigenvalue weighted by molar-refractivity contribution is 5.94. The molecule has 0 heterocycles. The molecule has 0 amide bonds. The first kappa shape index (κ1) is 12.6. The van der Waals surface area contributed by atoms with Crippen LogP contribution in [0.3, 0.4) is 0 Å². The molecule has 2 aliphatic carbocycles. The molecular formula is C14H22O3. The highest BCUT2D eigenvalue weighted by Gasteiger charge is 2.62. The highest BCUT2D eigenvalue weighted by atomic mass is 16.5. The summed E-state index contributed by atoms with van der Waals surface area (Å²) >= 11 is 0. The van der Waals surface area contributed by atoms with Crippen molar-refractivity contribution >= 4 is 11.8 Å². The van der Waals surface area contributed by atoms with E-state index in [0.717, 1.165) is 6.42 Å². The van der Waals surface area contributed by atoms with E-state index in [1.54, 1.807) is 0 Å². The van der Waals surface area contributed by atoms with Crippen LogP contribution in [0.4, 0.5) is 0 Å². The summed E-state index contributed by atoms with van der Waals surface area (Å²) in [7, 11) is 0. The molecule has 0 aromatic rings. The van der Waals surface area contributed by atoms with Crippen LogP contribution in [-0.2, 0) is 14.3 Å². The second-order valence-electron chi connectivity index (χ2n) is 6.11. The molecular weight excluding hydrogens is 216 g/mol. The molecule has 0 unspecified atom stereocenters. The molecule has 3 nitrogen and oxygen atoms in total. The van der Waals surface area contributed by atoms with E-state index in [1.165, 1.54) is 0 Å². The maximum absolute atomic E-state index is 12.0. The van der Waals surface area contributed by atoms with Crippen LogP contribution in [0.2, 0.25) is 0 Å². The molecule has 0 spiro atoms. The van der Waals surface area contributed by atoms with Gasteiger partial charge in [-0.25, -0.2) is 0 Å². The van der Waals surface area contributed by atoms with Crippen molar-refractivity contribution in [3.8, 4) is 0 Å². The van der Waals surface area contributed by atoms with Gasteiger partial charge in [0.25, 0.3) is 0 Å². The van der Waals surface area contributed by atoms with Gasteiger partial charge in [0, 0.05) is 12.3 Å². The molecule has 2 fully saturated rings. The summed E-state index contributed by atoms with van der Waals surface area (Å²) < 4.78 is 5.59. The van der Waals surface area contributed by atoms with Crippen LogP contribution in [0.1, 0.15) is 40.5 Å². The van der Waals surface area contributed by atoms with E-state index in [-0.39, 0.29) is 29.7 Å². The number of Topliss-reactive ketones (excluding diaryl/α,β-unsaturated/α-hetero) is 1. The van der Waals surface area contributed by atoms with E-state index in [2.05, 4.69) is 27.7 Å². The average molecular weight is 238 g/mol. The Hall–Kier alpha value is -0.860. The molecule has 17 heavy (non-hydrogen) atoms. The van der Waals surface area contributed by atoms with E-state index in [0.29, 0.717) is 24.2 Å². The quantitative estimate of drug-likeness (QED) is 0.706. The number of carbonyl (C=O) groups is 2. The van der Waals surface area contributed by atoms with Crippen LogP contribution in [0.15, 0.2) is 0 Å². The van der Waals surface area contributed by atoms with Crippen molar-refractivity contribution in [3.05, 3.63) is 0 Å². The molecule has 0 aromatic carbocycles. The minimum atomic E-state index is -0.138. The number of hydrogen-bond acceptors (Lipinski definition) is 3. The van der Waals surface area contributed by atoms with Crippen LogP contribution in [-0.4, -0.2) is 17.9 Å². The summed E-state index contributed by atoms with van der Waals surface area (Å²) in [4.78, 5) is 23.5. The number of rotatable bonds is 4. The number of ketones is 1. The van der Waals surface area contributed by atoms with E-state index in [1.807, 2.05) is 0 Å². The summed E-state index contributed by atoms with van der Waals surface area (Å²) in [6, 6.07) is 0. The third-order valence-corrected chi connectivity index (χ3v) is 4.10. The molecule has 0 bridgehead atoms. The van der Waals surface area contributed by atoms with Crippen molar-refractivity contribution in [2.24, 2.45) is 29.6 Å². The Bertz CT molecular complexity index is 324. The van der Waals surface area contributed by atoms with E-state index >= 15 is 0 Å². The first-order valence-corrected chi connectivity index (χ1v) is 6.66.